The fourth-order valence-corrected chi connectivity index (χ4v) is 0.182. The van der Waals surface area contributed by atoms with Crippen LogP contribution in [0.2, 0.25) is 0 Å². The molecule has 1 rings (SSSR count). The number of aliphatic hydroxyl groups is 1. The molecule has 2 heteroatoms. The minimum Gasteiger partial charge on any atom is -0.370 e. The Bertz CT molecular complexity index is 59.9. The van der Waals surface area contributed by atoms with E-state index in [4.69, 9.17) is 5.11 Å². The Balaban J connectivity index is 2.39. The van der Waals surface area contributed by atoms with Crippen LogP contribution in [-0.4, -0.2) is 11.3 Å². The molecule has 0 aromatic rings. The van der Waals surface area contributed by atoms with Crippen molar-refractivity contribution in [3.05, 3.63) is 12.3 Å². The molecule has 1 aliphatic rings. The first-order valence-corrected chi connectivity index (χ1v) is 1.50. The average Bonchev–Trinajstić information content (AvgIpc) is 1.30. The molecule has 0 aliphatic carbocycles. The minimum atomic E-state index is -0.366. The molecular formula is C3H5NO. The molecule has 0 radical (unpaired) electrons. The summed E-state index contributed by atoms with van der Waals surface area (Å²) in [5.74, 6) is 0. The number of rotatable bonds is 0. The average molecular weight is 71.1 g/mol. The highest BCUT2D eigenvalue weighted by Gasteiger charge is 1.98. The first-order chi connectivity index (χ1) is 2.39. The number of nitrogens with one attached hydrogen (secondary N) is 1. The number of aliphatic hydroxyl groups excluding tert-OH is 1. The highest BCUT2D eigenvalue weighted by molar-refractivity contribution is 4.97. The normalized spacial score (nSPS) is 31.8. The van der Waals surface area contributed by atoms with E-state index < -0.39 is 0 Å². The zero-order valence-electron chi connectivity index (χ0n) is 2.68. The molecule has 0 aromatic carbocycles. The van der Waals surface area contributed by atoms with Gasteiger partial charge in [-0.2, -0.15) is 0 Å². The molecule has 0 fully saturated rings. The smallest absolute Gasteiger partial charge is 0.145 e. The van der Waals surface area contributed by atoms with E-state index in [2.05, 4.69) is 5.32 Å². The van der Waals surface area contributed by atoms with Crippen LogP contribution < -0.4 is 5.32 Å². The molecule has 0 saturated carbocycles. The molecule has 1 heterocycles. The summed E-state index contributed by atoms with van der Waals surface area (Å²) < 4.78 is 0. The lowest BCUT2D eigenvalue weighted by molar-refractivity contribution is 0.182. The molecule has 1 unspecified atom stereocenters. The predicted octanol–water partition coefficient (Wildman–Crippen LogP) is -0.578. The topological polar surface area (TPSA) is 32.3 Å². The maximum absolute atomic E-state index is 8.25. The van der Waals surface area contributed by atoms with Crippen molar-refractivity contribution in [2.75, 3.05) is 0 Å². The van der Waals surface area contributed by atoms with E-state index in [1.807, 2.05) is 0 Å². The second kappa shape index (κ2) is 0.723. The van der Waals surface area contributed by atoms with E-state index in [9.17, 15) is 0 Å². The van der Waals surface area contributed by atoms with Crippen LogP contribution in [0.5, 0.6) is 0 Å². The second-order valence-electron chi connectivity index (χ2n) is 0.971. The van der Waals surface area contributed by atoms with Gasteiger partial charge in [-0.05, 0) is 12.3 Å². The Morgan fingerprint density at radius 2 is 2.20 bits per heavy atom. The summed E-state index contributed by atoms with van der Waals surface area (Å²) in [5.41, 5.74) is 0. The molecule has 5 heavy (non-hydrogen) atoms. The Morgan fingerprint density at radius 3 is 2.20 bits per heavy atom. The van der Waals surface area contributed by atoms with Gasteiger partial charge >= 0.3 is 0 Å². The minimum absolute atomic E-state index is 0.366. The summed E-state index contributed by atoms with van der Waals surface area (Å²) in [6.45, 7) is 0. The van der Waals surface area contributed by atoms with Crippen LogP contribution in [-0.2, 0) is 0 Å². The molecule has 0 bridgehead atoms. The summed E-state index contributed by atoms with van der Waals surface area (Å²) in [7, 11) is 0. The summed E-state index contributed by atoms with van der Waals surface area (Å²) in [5, 5.41) is 10.8. The third-order valence-electron chi connectivity index (χ3n) is 0.546. The molecule has 1 aliphatic heterocycles. The van der Waals surface area contributed by atoms with Crippen LogP contribution in [0, 0.1) is 0 Å². The second-order valence-corrected chi connectivity index (χ2v) is 0.971. The van der Waals surface area contributed by atoms with Crippen molar-refractivity contribution in [2.24, 2.45) is 0 Å². The molecule has 2 N–H and O–H groups in total. The van der Waals surface area contributed by atoms with Gasteiger partial charge in [-0.15, -0.1) is 0 Å². The Morgan fingerprint density at radius 1 is 1.80 bits per heavy atom. The Labute approximate surface area is 30.1 Å². The first-order valence-electron chi connectivity index (χ1n) is 1.50. The molecule has 2 nitrogen and oxygen atoms in total. The zero-order chi connectivity index (χ0) is 3.70. The van der Waals surface area contributed by atoms with E-state index in [1.54, 1.807) is 12.3 Å². The van der Waals surface area contributed by atoms with E-state index in [1.165, 1.54) is 0 Å². The molecule has 0 spiro atoms. The van der Waals surface area contributed by atoms with Crippen LogP contribution in [0.25, 0.3) is 0 Å². The maximum Gasteiger partial charge on any atom is 0.145 e. The molecule has 0 aromatic heterocycles. The molecule has 0 saturated heterocycles. The van der Waals surface area contributed by atoms with Crippen LogP contribution >= 0.6 is 0 Å². The maximum atomic E-state index is 8.25. The van der Waals surface area contributed by atoms with Crippen molar-refractivity contribution >= 4 is 0 Å². The lowest BCUT2D eigenvalue weighted by atomic mass is 10.4. The lowest BCUT2D eigenvalue weighted by Crippen LogP contribution is -2.28. The summed E-state index contributed by atoms with van der Waals surface area (Å²) in [6, 6.07) is 0. The van der Waals surface area contributed by atoms with Gasteiger partial charge in [-0.1, -0.05) is 0 Å². The van der Waals surface area contributed by atoms with Crippen LogP contribution in [0.4, 0.5) is 0 Å². The van der Waals surface area contributed by atoms with Crippen molar-refractivity contribution in [3.63, 3.8) is 0 Å². The van der Waals surface area contributed by atoms with Crippen molar-refractivity contribution in [3.8, 4) is 0 Å². The van der Waals surface area contributed by atoms with Crippen LogP contribution in [0.3, 0.4) is 0 Å². The zero-order valence-corrected chi connectivity index (χ0v) is 2.68. The monoisotopic (exact) mass is 71.0 g/mol. The molecule has 0 amide bonds. The molecule has 28 valence electrons. The lowest BCUT2D eigenvalue weighted by Gasteiger charge is -2.11. The van der Waals surface area contributed by atoms with E-state index >= 15 is 0 Å². The molecule has 1 atom stereocenters. The van der Waals surface area contributed by atoms with Gasteiger partial charge in [-0.25, -0.2) is 0 Å². The SMILES string of the molecule is OC1C=CN1. The quantitative estimate of drug-likeness (QED) is 0.400. The van der Waals surface area contributed by atoms with Crippen molar-refractivity contribution < 1.29 is 5.11 Å². The molecular weight excluding hydrogens is 66.0 g/mol. The van der Waals surface area contributed by atoms with E-state index in [0.29, 0.717) is 0 Å². The first kappa shape index (κ1) is 2.72. The van der Waals surface area contributed by atoms with Gasteiger partial charge in [-0.3, -0.25) is 0 Å². The van der Waals surface area contributed by atoms with Crippen LogP contribution in [0.15, 0.2) is 12.3 Å². The summed E-state index contributed by atoms with van der Waals surface area (Å²) in [6.07, 6.45) is 3.00. The van der Waals surface area contributed by atoms with Crippen molar-refractivity contribution in [1.29, 1.82) is 0 Å². The van der Waals surface area contributed by atoms with E-state index in [0.717, 1.165) is 0 Å². The fourth-order valence-electron chi connectivity index (χ4n) is 0.182. The number of hydrogen-bond acceptors (Lipinski definition) is 2. The Hall–Kier alpha value is -0.500. The van der Waals surface area contributed by atoms with Crippen LogP contribution in [0.1, 0.15) is 0 Å². The standard InChI is InChI=1S/C3H5NO/c5-3-1-2-4-3/h1-5H. The van der Waals surface area contributed by atoms with Gasteiger partial charge in [0, 0.05) is 0 Å². The van der Waals surface area contributed by atoms with Gasteiger partial charge in [0.05, 0.1) is 0 Å². The largest absolute Gasteiger partial charge is 0.370 e. The van der Waals surface area contributed by atoms with Gasteiger partial charge in [0.2, 0.25) is 0 Å². The van der Waals surface area contributed by atoms with Gasteiger partial charge in [0.1, 0.15) is 6.23 Å². The third kappa shape index (κ3) is 0.260. The highest BCUT2D eigenvalue weighted by Crippen LogP contribution is 1.86. The van der Waals surface area contributed by atoms with Crippen molar-refractivity contribution in [1.82, 2.24) is 5.32 Å². The van der Waals surface area contributed by atoms with Gasteiger partial charge in [0.25, 0.3) is 0 Å². The highest BCUT2D eigenvalue weighted by atomic mass is 16.3. The fraction of sp³-hybridized carbons (Fsp3) is 0.333. The van der Waals surface area contributed by atoms with Gasteiger partial charge < -0.3 is 10.4 Å². The summed E-state index contributed by atoms with van der Waals surface area (Å²) in [4.78, 5) is 0. The van der Waals surface area contributed by atoms with E-state index in [-0.39, 0.29) is 6.23 Å². The van der Waals surface area contributed by atoms with Gasteiger partial charge in [0.15, 0.2) is 0 Å². The summed E-state index contributed by atoms with van der Waals surface area (Å²) >= 11 is 0. The Kier molecular flexibility index (Phi) is 0.394. The number of hydrogen-bond donors (Lipinski definition) is 2. The predicted molar refractivity (Wildman–Crippen MR) is 18.3 cm³/mol. The third-order valence-corrected chi connectivity index (χ3v) is 0.546. The van der Waals surface area contributed by atoms with Crippen molar-refractivity contribution in [2.45, 2.75) is 6.23 Å².